The van der Waals surface area contributed by atoms with Crippen molar-refractivity contribution in [3.05, 3.63) is 34.4 Å². The number of amides is 1. The van der Waals surface area contributed by atoms with Gasteiger partial charge in [-0.05, 0) is 39.7 Å². The van der Waals surface area contributed by atoms with Gasteiger partial charge in [-0.15, -0.1) is 0 Å². The molecule has 2 N–H and O–H groups in total. The molecule has 7 nitrogen and oxygen atoms in total. The minimum atomic E-state index is -0.544. The first kappa shape index (κ1) is 19.1. The molecule has 1 unspecified atom stereocenters. The Labute approximate surface area is 148 Å². The van der Waals surface area contributed by atoms with Crippen molar-refractivity contribution in [3.8, 4) is 5.95 Å². The number of aliphatic hydroxyl groups excluding tert-OH is 1. The van der Waals surface area contributed by atoms with Crippen LogP contribution in [0.5, 0.6) is 0 Å². The molecular weight excluding hydrogens is 318 g/mol. The summed E-state index contributed by atoms with van der Waals surface area (Å²) in [5.74, 6) is 0.486. The predicted octanol–water partition coefficient (Wildman–Crippen LogP) is 1.57. The molecule has 2 aromatic rings. The fraction of sp³-hybridized carbons (Fsp3) is 0.556. The SMILES string of the molecule is Cc1cc(C)nc(-n2nc(C)c(CC(=O)NCC(O)C(C)C)c2C)n1. The quantitative estimate of drug-likeness (QED) is 0.829. The summed E-state index contributed by atoms with van der Waals surface area (Å²) in [5, 5.41) is 17.1. The number of carbonyl (C=O) groups excluding carboxylic acids is 1. The van der Waals surface area contributed by atoms with E-state index in [2.05, 4.69) is 20.4 Å². The van der Waals surface area contributed by atoms with E-state index >= 15 is 0 Å². The van der Waals surface area contributed by atoms with E-state index in [9.17, 15) is 9.90 Å². The van der Waals surface area contributed by atoms with Gasteiger partial charge in [0.15, 0.2) is 0 Å². The maximum absolute atomic E-state index is 12.2. The molecule has 1 atom stereocenters. The van der Waals surface area contributed by atoms with Crippen LogP contribution in [0.2, 0.25) is 0 Å². The lowest BCUT2D eigenvalue weighted by atomic mass is 10.1. The molecule has 0 bridgehead atoms. The molecule has 2 rings (SSSR count). The van der Waals surface area contributed by atoms with Crippen molar-refractivity contribution < 1.29 is 9.90 Å². The molecular formula is C18H27N5O2. The molecule has 0 radical (unpaired) electrons. The number of aliphatic hydroxyl groups is 1. The summed E-state index contributed by atoms with van der Waals surface area (Å²) in [6, 6.07) is 1.91. The summed E-state index contributed by atoms with van der Waals surface area (Å²) >= 11 is 0. The van der Waals surface area contributed by atoms with Crippen LogP contribution in [0.25, 0.3) is 5.95 Å². The zero-order valence-electron chi connectivity index (χ0n) is 15.8. The van der Waals surface area contributed by atoms with Gasteiger partial charge in [0.1, 0.15) is 0 Å². The largest absolute Gasteiger partial charge is 0.391 e. The van der Waals surface area contributed by atoms with Gasteiger partial charge >= 0.3 is 0 Å². The highest BCUT2D eigenvalue weighted by atomic mass is 16.3. The molecule has 0 aliphatic heterocycles. The van der Waals surface area contributed by atoms with Gasteiger partial charge in [0.25, 0.3) is 5.95 Å². The highest BCUT2D eigenvalue weighted by Gasteiger charge is 2.18. The molecule has 0 fully saturated rings. The Bertz CT molecular complexity index is 747. The lowest BCUT2D eigenvalue weighted by Crippen LogP contribution is -2.35. The number of hydrogen-bond donors (Lipinski definition) is 2. The van der Waals surface area contributed by atoms with Crippen LogP contribution >= 0.6 is 0 Å². The number of aromatic nitrogens is 4. The standard InChI is InChI=1S/C18H27N5O2/c1-10(2)16(24)9-19-17(25)8-15-13(5)22-23(14(15)6)18-20-11(3)7-12(4)21-18/h7,10,16,24H,8-9H2,1-6H3,(H,19,25). The van der Waals surface area contributed by atoms with E-state index in [-0.39, 0.29) is 24.8 Å². The van der Waals surface area contributed by atoms with Crippen molar-refractivity contribution >= 4 is 5.91 Å². The van der Waals surface area contributed by atoms with Crippen LogP contribution < -0.4 is 5.32 Å². The number of nitrogens with zero attached hydrogens (tertiary/aromatic N) is 4. The molecule has 0 aliphatic rings. The summed E-state index contributed by atoms with van der Waals surface area (Å²) in [6.07, 6.45) is -0.328. The number of hydrogen-bond acceptors (Lipinski definition) is 5. The lowest BCUT2D eigenvalue weighted by molar-refractivity contribution is -0.121. The Kier molecular flexibility index (Phi) is 5.89. The lowest BCUT2D eigenvalue weighted by Gasteiger charge is -2.15. The Balaban J connectivity index is 2.18. The third kappa shape index (κ3) is 4.63. The topological polar surface area (TPSA) is 92.9 Å². The van der Waals surface area contributed by atoms with E-state index < -0.39 is 6.10 Å². The van der Waals surface area contributed by atoms with Gasteiger partial charge in [0, 0.05) is 29.2 Å². The van der Waals surface area contributed by atoms with E-state index in [1.165, 1.54) is 0 Å². The Morgan fingerprint density at radius 3 is 2.36 bits per heavy atom. The maximum atomic E-state index is 12.2. The van der Waals surface area contributed by atoms with Crippen LogP contribution in [-0.4, -0.2) is 43.4 Å². The first-order valence-corrected chi connectivity index (χ1v) is 8.51. The first-order chi connectivity index (χ1) is 11.7. The van der Waals surface area contributed by atoms with Crippen molar-refractivity contribution in [2.45, 2.75) is 54.1 Å². The van der Waals surface area contributed by atoms with E-state index in [0.717, 1.165) is 28.3 Å². The number of carbonyl (C=O) groups is 1. The minimum absolute atomic E-state index is 0.105. The molecule has 2 aromatic heterocycles. The summed E-state index contributed by atoms with van der Waals surface area (Å²) in [6.45, 7) is 11.7. The molecule has 0 aromatic carbocycles. The van der Waals surface area contributed by atoms with E-state index in [4.69, 9.17) is 0 Å². The maximum Gasteiger partial charge on any atom is 0.251 e. The zero-order chi connectivity index (χ0) is 18.7. The van der Waals surface area contributed by atoms with Crippen molar-refractivity contribution in [1.29, 1.82) is 0 Å². The van der Waals surface area contributed by atoms with Crippen molar-refractivity contribution in [1.82, 2.24) is 25.1 Å². The molecule has 2 heterocycles. The minimum Gasteiger partial charge on any atom is -0.391 e. The molecule has 7 heteroatoms. The van der Waals surface area contributed by atoms with Gasteiger partial charge < -0.3 is 10.4 Å². The monoisotopic (exact) mass is 345 g/mol. The molecule has 0 aliphatic carbocycles. The van der Waals surface area contributed by atoms with Crippen LogP contribution in [0.4, 0.5) is 0 Å². The highest BCUT2D eigenvalue weighted by molar-refractivity contribution is 5.79. The molecule has 136 valence electrons. The van der Waals surface area contributed by atoms with Crippen molar-refractivity contribution in [3.63, 3.8) is 0 Å². The first-order valence-electron chi connectivity index (χ1n) is 8.51. The average molecular weight is 345 g/mol. The predicted molar refractivity (Wildman–Crippen MR) is 95.7 cm³/mol. The Morgan fingerprint density at radius 2 is 1.80 bits per heavy atom. The van der Waals surface area contributed by atoms with Crippen LogP contribution in [-0.2, 0) is 11.2 Å². The number of rotatable bonds is 6. The molecule has 25 heavy (non-hydrogen) atoms. The molecule has 0 saturated heterocycles. The summed E-state index contributed by atoms with van der Waals surface area (Å²) in [7, 11) is 0. The fourth-order valence-corrected chi connectivity index (χ4v) is 2.60. The molecule has 0 spiro atoms. The van der Waals surface area contributed by atoms with Gasteiger partial charge in [-0.2, -0.15) is 5.10 Å². The molecule has 1 amide bonds. The smallest absolute Gasteiger partial charge is 0.251 e. The van der Waals surface area contributed by atoms with Crippen LogP contribution in [0.3, 0.4) is 0 Å². The van der Waals surface area contributed by atoms with Gasteiger partial charge in [-0.25, -0.2) is 14.6 Å². The average Bonchev–Trinajstić information content (AvgIpc) is 2.79. The van der Waals surface area contributed by atoms with Crippen molar-refractivity contribution in [2.75, 3.05) is 6.54 Å². The van der Waals surface area contributed by atoms with E-state index in [1.54, 1.807) is 4.68 Å². The highest BCUT2D eigenvalue weighted by Crippen LogP contribution is 2.17. The normalized spacial score (nSPS) is 12.5. The van der Waals surface area contributed by atoms with Gasteiger partial charge in [0.05, 0.1) is 18.2 Å². The van der Waals surface area contributed by atoms with Crippen LogP contribution in [0.15, 0.2) is 6.07 Å². The number of aryl methyl sites for hydroxylation is 3. The third-order valence-electron chi connectivity index (χ3n) is 4.22. The van der Waals surface area contributed by atoms with Crippen molar-refractivity contribution in [2.24, 2.45) is 5.92 Å². The third-order valence-corrected chi connectivity index (χ3v) is 4.22. The van der Waals surface area contributed by atoms with Crippen LogP contribution in [0.1, 0.15) is 42.2 Å². The summed E-state index contributed by atoms with van der Waals surface area (Å²) < 4.78 is 1.68. The zero-order valence-corrected chi connectivity index (χ0v) is 15.8. The van der Waals surface area contributed by atoms with Gasteiger partial charge in [0.2, 0.25) is 5.91 Å². The van der Waals surface area contributed by atoms with Gasteiger partial charge in [-0.3, -0.25) is 4.79 Å². The second-order valence-corrected chi connectivity index (χ2v) is 6.80. The van der Waals surface area contributed by atoms with Crippen LogP contribution in [0, 0.1) is 33.6 Å². The second-order valence-electron chi connectivity index (χ2n) is 6.80. The molecule has 0 saturated carbocycles. The Morgan fingerprint density at radius 1 is 1.20 bits per heavy atom. The summed E-state index contributed by atoms with van der Waals surface area (Å²) in [5.41, 5.74) is 4.23. The summed E-state index contributed by atoms with van der Waals surface area (Å²) in [4.78, 5) is 21.1. The van der Waals surface area contributed by atoms with Gasteiger partial charge in [-0.1, -0.05) is 13.8 Å². The Hall–Kier alpha value is -2.28. The van der Waals surface area contributed by atoms with E-state index in [0.29, 0.717) is 5.95 Å². The fourth-order valence-electron chi connectivity index (χ4n) is 2.60. The van der Waals surface area contributed by atoms with E-state index in [1.807, 2.05) is 47.6 Å². The number of nitrogens with one attached hydrogen (secondary N) is 1. The second kappa shape index (κ2) is 7.74.